The minimum Gasteiger partial charge on any atom is -0.356 e. The van der Waals surface area contributed by atoms with Crippen molar-refractivity contribution in [3.63, 3.8) is 0 Å². The molecule has 0 bridgehead atoms. The SMILES string of the molecule is CCC(C)CN(CC)c1nc(CNC)cc2ccccc12. The number of nitrogens with one attached hydrogen (secondary N) is 1. The lowest BCUT2D eigenvalue weighted by Gasteiger charge is -2.27. The van der Waals surface area contributed by atoms with E-state index in [4.69, 9.17) is 4.98 Å². The fraction of sp³-hybridized carbons (Fsp3) is 0.500. The normalized spacial score (nSPS) is 12.6. The van der Waals surface area contributed by atoms with Gasteiger partial charge in [-0.3, -0.25) is 0 Å². The minimum atomic E-state index is 0.679. The van der Waals surface area contributed by atoms with Gasteiger partial charge in [0.25, 0.3) is 0 Å². The van der Waals surface area contributed by atoms with Crippen molar-refractivity contribution in [2.24, 2.45) is 5.92 Å². The number of benzene rings is 1. The van der Waals surface area contributed by atoms with Gasteiger partial charge in [0.1, 0.15) is 5.82 Å². The summed E-state index contributed by atoms with van der Waals surface area (Å²) in [6.45, 7) is 9.63. The van der Waals surface area contributed by atoms with E-state index in [2.05, 4.69) is 61.3 Å². The van der Waals surface area contributed by atoms with Gasteiger partial charge in [-0.1, -0.05) is 44.5 Å². The van der Waals surface area contributed by atoms with E-state index in [1.807, 2.05) is 7.05 Å². The molecule has 0 fully saturated rings. The van der Waals surface area contributed by atoms with Gasteiger partial charge in [0.05, 0.1) is 5.69 Å². The maximum Gasteiger partial charge on any atom is 0.136 e. The molecule has 0 radical (unpaired) electrons. The molecule has 2 rings (SSSR count). The second-order valence-corrected chi connectivity index (χ2v) is 5.74. The monoisotopic (exact) mass is 285 g/mol. The molecule has 1 N–H and O–H groups in total. The fourth-order valence-corrected chi connectivity index (χ4v) is 2.62. The standard InChI is InChI=1S/C18H27N3/c1-5-14(3)13-21(6-2)18-17-10-8-7-9-15(17)11-16(20-18)12-19-4/h7-11,14,19H,5-6,12-13H2,1-4H3. The van der Waals surface area contributed by atoms with Crippen molar-refractivity contribution in [2.45, 2.75) is 33.7 Å². The Morgan fingerprint density at radius 3 is 2.67 bits per heavy atom. The molecule has 0 amide bonds. The van der Waals surface area contributed by atoms with Crippen molar-refractivity contribution >= 4 is 16.6 Å². The van der Waals surface area contributed by atoms with E-state index in [1.54, 1.807) is 0 Å². The first-order chi connectivity index (χ1) is 10.2. The second-order valence-electron chi connectivity index (χ2n) is 5.74. The van der Waals surface area contributed by atoms with Gasteiger partial charge in [0.15, 0.2) is 0 Å². The van der Waals surface area contributed by atoms with Crippen LogP contribution in [-0.2, 0) is 6.54 Å². The highest BCUT2D eigenvalue weighted by Crippen LogP contribution is 2.26. The van der Waals surface area contributed by atoms with E-state index in [-0.39, 0.29) is 0 Å². The van der Waals surface area contributed by atoms with Crippen LogP contribution in [0, 0.1) is 5.92 Å². The summed E-state index contributed by atoms with van der Waals surface area (Å²) in [4.78, 5) is 7.32. The lowest BCUT2D eigenvalue weighted by atomic mass is 10.1. The Balaban J connectivity index is 2.47. The van der Waals surface area contributed by atoms with Crippen LogP contribution < -0.4 is 10.2 Å². The fourth-order valence-electron chi connectivity index (χ4n) is 2.62. The number of rotatable bonds is 7. The van der Waals surface area contributed by atoms with Crippen molar-refractivity contribution < 1.29 is 0 Å². The van der Waals surface area contributed by atoms with E-state index in [9.17, 15) is 0 Å². The summed E-state index contributed by atoms with van der Waals surface area (Å²) in [5.41, 5.74) is 1.11. The number of fused-ring (bicyclic) bond motifs is 1. The van der Waals surface area contributed by atoms with Gasteiger partial charge in [-0.25, -0.2) is 4.98 Å². The highest BCUT2D eigenvalue weighted by molar-refractivity contribution is 5.92. The van der Waals surface area contributed by atoms with Crippen molar-refractivity contribution in [3.8, 4) is 0 Å². The highest BCUT2D eigenvalue weighted by atomic mass is 15.2. The summed E-state index contributed by atoms with van der Waals surface area (Å²) < 4.78 is 0. The molecule has 114 valence electrons. The van der Waals surface area contributed by atoms with Crippen molar-refractivity contribution in [2.75, 3.05) is 25.0 Å². The lowest BCUT2D eigenvalue weighted by molar-refractivity contribution is 0.546. The first kappa shape index (κ1) is 15.8. The molecule has 3 heteroatoms. The predicted molar refractivity (Wildman–Crippen MR) is 91.8 cm³/mol. The van der Waals surface area contributed by atoms with Gasteiger partial charge in [0, 0.05) is 25.0 Å². The van der Waals surface area contributed by atoms with Gasteiger partial charge in [-0.15, -0.1) is 0 Å². The molecule has 1 atom stereocenters. The maximum atomic E-state index is 4.91. The number of aromatic nitrogens is 1. The third-order valence-electron chi connectivity index (χ3n) is 4.04. The van der Waals surface area contributed by atoms with E-state index in [1.165, 1.54) is 17.2 Å². The van der Waals surface area contributed by atoms with Crippen LogP contribution in [0.1, 0.15) is 32.9 Å². The summed E-state index contributed by atoms with van der Waals surface area (Å²) in [5.74, 6) is 1.81. The summed E-state index contributed by atoms with van der Waals surface area (Å²) in [6.07, 6.45) is 1.20. The van der Waals surface area contributed by atoms with Crippen LogP contribution in [0.25, 0.3) is 10.8 Å². The van der Waals surface area contributed by atoms with Crippen LogP contribution in [0.5, 0.6) is 0 Å². The number of hydrogen-bond donors (Lipinski definition) is 1. The van der Waals surface area contributed by atoms with Gasteiger partial charge in [-0.2, -0.15) is 0 Å². The molecule has 0 saturated heterocycles. The molecule has 0 aliphatic carbocycles. The van der Waals surface area contributed by atoms with E-state index in [0.29, 0.717) is 5.92 Å². The number of anilines is 1. The van der Waals surface area contributed by atoms with Crippen molar-refractivity contribution in [3.05, 3.63) is 36.0 Å². The molecule has 21 heavy (non-hydrogen) atoms. The number of pyridine rings is 1. The maximum absolute atomic E-state index is 4.91. The zero-order valence-electron chi connectivity index (χ0n) is 13.7. The summed E-state index contributed by atoms with van der Waals surface area (Å²) in [6, 6.07) is 10.7. The highest BCUT2D eigenvalue weighted by Gasteiger charge is 2.14. The molecular formula is C18H27N3. The van der Waals surface area contributed by atoms with Crippen LogP contribution in [0.15, 0.2) is 30.3 Å². The topological polar surface area (TPSA) is 28.2 Å². The molecule has 0 saturated carbocycles. The Morgan fingerprint density at radius 1 is 1.24 bits per heavy atom. The van der Waals surface area contributed by atoms with E-state index < -0.39 is 0 Å². The molecule has 1 aromatic heterocycles. The molecular weight excluding hydrogens is 258 g/mol. The van der Waals surface area contributed by atoms with E-state index in [0.717, 1.165) is 31.1 Å². The number of nitrogens with zero attached hydrogens (tertiary/aromatic N) is 2. The first-order valence-corrected chi connectivity index (χ1v) is 7.97. The van der Waals surface area contributed by atoms with Crippen LogP contribution >= 0.6 is 0 Å². The van der Waals surface area contributed by atoms with Gasteiger partial charge in [-0.05, 0) is 31.3 Å². The molecule has 2 aromatic rings. The molecule has 0 aliphatic heterocycles. The lowest BCUT2D eigenvalue weighted by Crippen LogP contribution is -2.29. The molecule has 0 spiro atoms. The molecule has 1 unspecified atom stereocenters. The average Bonchev–Trinajstić information content (AvgIpc) is 2.52. The zero-order chi connectivity index (χ0) is 15.2. The third kappa shape index (κ3) is 3.73. The van der Waals surface area contributed by atoms with Crippen molar-refractivity contribution in [1.82, 2.24) is 10.3 Å². The van der Waals surface area contributed by atoms with Gasteiger partial charge < -0.3 is 10.2 Å². The van der Waals surface area contributed by atoms with E-state index >= 15 is 0 Å². The zero-order valence-corrected chi connectivity index (χ0v) is 13.7. The Kier molecular flexibility index (Phi) is 5.57. The Bertz CT molecular complexity index is 580. The molecule has 1 heterocycles. The first-order valence-electron chi connectivity index (χ1n) is 7.97. The Labute approximate surface area is 128 Å². The smallest absolute Gasteiger partial charge is 0.136 e. The summed E-state index contributed by atoms with van der Waals surface area (Å²) in [5, 5.41) is 5.73. The molecule has 0 aliphatic rings. The summed E-state index contributed by atoms with van der Waals surface area (Å²) >= 11 is 0. The minimum absolute atomic E-state index is 0.679. The molecule has 3 nitrogen and oxygen atoms in total. The van der Waals surface area contributed by atoms with Crippen LogP contribution in [0.2, 0.25) is 0 Å². The quantitative estimate of drug-likeness (QED) is 0.838. The van der Waals surface area contributed by atoms with Crippen LogP contribution in [-0.4, -0.2) is 25.1 Å². The average molecular weight is 285 g/mol. The van der Waals surface area contributed by atoms with Crippen LogP contribution in [0.4, 0.5) is 5.82 Å². The largest absolute Gasteiger partial charge is 0.356 e. The predicted octanol–water partition coefficient (Wildman–Crippen LogP) is 3.83. The summed E-state index contributed by atoms with van der Waals surface area (Å²) in [7, 11) is 1.97. The Morgan fingerprint density at radius 2 is 2.00 bits per heavy atom. The van der Waals surface area contributed by atoms with Gasteiger partial charge in [0.2, 0.25) is 0 Å². The van der Waals surface area contributed by atoms with Crippen LogP contribution in [0.3, 0.4) is 0 Å². The van der Waals surface area contributed by atoms with Crippen molar-refractivity contribution in [1.29, 1.82) is 0 Å². The molecule has 1 aromatic carbocycles. The van der Waals surface area contributed by atoms with Gasteiger partial charge >= 0.3 is 0 Å². The number of hydrogen-bond acceptors (Lipinski definition) is 3. The second kappa shape index (κ2) is 7.41. The third-order valence-corrected chi connectivity index (χ3v) is 4.04. The Hall–Kier alpha value is -1.61.